The molecular weight excluding hydrogens is 346 g/mol. The number of amides is 1. The average molecular weight is 369 g/mol. The number of Topliss-reactive ketones (excluding diaryl/α,β-unsaturated/α-hetero) is 1. The average Bonchev–Trinajstić information content (AvgIpc) is 2.66. The summed E-state index contributed by atoms with van der Waals surface area (Å²) in [4.78, 5) is 36.6. The number of nitrogens with zero attached hydrogens (tertiary/aromatic N) is 1. The van der Waals surface area contributed by atoms with Crippen LogP contribution in [-0.2, 0) is 20.9 Å². The Morgan fingerprint density at radius 2 is 1.63 bits per heavy atom. The summed E-state index contributed by atoms with van der Waals surface area (Å²) in [5.41, 5.74) is 2.70. The first-order valence-electron chi connectivity index (χ1n) is 8.54. The predicted octanol–water partition coefficient (Wildman–Crippen LogP) is 2.78. The van der Waals surface area contributed by atoms with Gasteiger partial charge < -0.3 is 14.4 Å². The molecule has 27 heavy (non-hydrogen) atoms. The second-order valence-electron chi connectivity index (χ2n) is 6.21. The lowest BCUT2D eigenvalue weighted by atomic mass is 10.1. The first kappa shape index (κ1) is 20.2. The third-order valence-corrected chi connectivity index (χ3v) is 4.07. The standard InChI is InChI=1S/C21H23NO5/c1-15-6-4-5-7-18(15)12-22(3)20(24)13-27-21(25)14-26-19-10-8-17(9-11-19)16(2)23/h4-11H,12-14H2,1-3H3. The zero-order valence-corrected chi connectivity index (χ0v) is 15.7. The van der Waals surface area contributed by atoms with Crippen LogP contribution >= 0.6 is 0 Å². The SMILES string of the molecule is CC(=O)c1ccc(OCC(=O)OCC(=O)N(C)Cc2ccccc2C)cc1. The summed E-state index contributed by atoms with van der Waals surface area (Å²) in [6, 6.07) is 14.2. The molecule has 0 bridgehead atoms. The number of rotatable bonds is 8. The lowest BCUT2D eigenvalue weighted by Crippen LogP contribution is -2.31. The van der Waals surface area contributed by atoms with E-state index in [4.69, 9.17) is 9.47 Å². The summed E-state index contributed by atoms with van der Waals surface area (Å²) >= 11 is 0. The summed E-state index contributed by atoms with van der Waals surface area (Å²) in [7, 11) is 1.66. The van der Waals surface area contributed by atoms with Crippen LogP contribution < -0.4 is 4.74 Å². The number of ketones is 1. The highest BCUT2D eigenvalue weighted by Gasteiger charge is 2.13. The summed E-state index contributed by atoms with van der Waals surface area (Å²) in [6.07, 6.45) is 0. The van der Waals surface area contributed by atoms with Crippen molar-refractivity contribution in [3.63, 3.8) is 0 Å². The van der Waals surface area contributed by atoms with Crippen molar-refractivity contribution in [2.75, 3.05) is 20.3 Å². The van der Waals surface area contributed by atoms with Crippen molar-refractivity contribution in [2.24, 2.45) is 0 Å². The van der Waals surface area contributed by atoms with E-state index in [1.165, 1.54) is 11.8 Å². The molecule has 0 heterocycles. The lowest BCUT2D eigenvalue weighted by Gasteiger charge is -2.18. The number of aryl methyl sites for hydroxylation is 1. The molecule has 2 rings (SSSR count). The normalized spacial score (nSPS) is 10.2. The van der Waals surface area contributed by atoms with Gasteiger partial charge in [0.1, 0.15) is 5.75 Å². The van der Waals surface area contributed by atoms with E-state index in [-0.39, 0.29) is 24.9 Å². The Morgan fingerprint density at radius 3 is 2.26 bits per heavy atom. The number of esters is 1. The van der Waals surface area contributed by atoms with Crippen LogP contribution in [0.25, 0.3) is 0 Å². The minimum Gasteiger partial charge on any atom is -0.482 e. The smallest absolute Gasteiger partial charge is 0.344 e. The summed E-state index contributed by atoms with van der Waals surface area (Å²) < 4.78 is 10.3. The van der Waals surface area contributed by atoms with E-state index in [0.717, 1.165) is 11.1 Å². The van der Waals surface area contributed by atoms with Crippen LogP contribution in [0.15, 0.2) is 48.5 Å². The van der Waals surface area contributed by atoms with Crippen LogP contribution in [0, 0.1) is 6.92 Å². The third kappa shape index (κ3) is 6.26. The highest BCUT2D eigenvalue weighted by atomic mass is 16.6. The van der Waals surface area contributed by atoms with E-state index in [1.807, 2.05) is 31.2 Å². The molecule has 0 aliphatic rings. The van der Waals surface area contributed by atoms with Crippen LogP contribution in [0.4, 0.5) is 0 Å². The monoisotopic (exact) mass is 369 g/mol. The number of benzene rings is 2. The van der Waals surface area contributed by atoms with E-state index in [1.54, 1.807) is 31.3 Å². The van der Waals surface area contributed by atoms with Gasteiger partial charge in [-0.05, 0) is 49.2 Å². The van der Waals surface area contributed by atoms with Crippen molar-refractivity contribution in [1.29, 1.82) is 0 Å². The van der Waals surface area contributed by atoms with Gasteiger partial charge in [0.05, 0.1) is 0 Å². The molecular formula is C21H23NO5. The van der Waals surface area contributed by atoms with Crippen LogP contribution in [0.5, 0.6) is 5.75 Å². The van der Waals surface area contributed by atoms with E-state index in [2.05, 4.69) is 0 Å². The first-order chi connectivity index (χ1) is 12.9. The molecule has 1 amide bonds. The topological polar surface area (TPSA) is 72.9 Å². The van der Waals surface area contributed by atoms with Gasteiger partial charge in [0, 0.05) is 19.2 Å². The zero-order valence-electron chi connectivity index (χ0n) is 15.7. The molecule has 0 unspecified atom stereocenters. The molecule has 0 atom stereocenters. The van der Waals surface area contributed by atoms with Gasteiger partial charge >= 0.3 is 5.97 Å². The Kier molecular flexibility index (Phi) is 7.11. The van der Waals surface area contributed by atoms with E-state index in [0.29, 0.717) is 17.9 Å². The number of carbonyl (C=O) groups excluding carboxylic acids is 3. The highest BCUT2D eigenvalue weighted by molar-refractivity contribution is 5.94. The minimum atomic E-state index is -0.636. The molecule has 0 fully saturated rings. The van der Waals surface area contributed by atoms with Crippen LogP contribution in [0.3, 0.4) is 0 Å². The fraction of sp³-hybridized carbons (Fsp3) is 0.286. The third-order valence-electron chi connectivity index (χ3n) is 4.07. The number of hydrogen-bond donors (Lipinski definition) is 0. The molecule has 0 aliphatic heterocycles. The van der Waals surface area contributed by atoms with E-state index < -0.39 is 5.97 Å². The maximum atomic E-state index is 12.1. The van der Waals surface area contributed by atoms with Gasteiger partial charge in [0.25, 0.3) is 5.91 Å². The summed E-state index contributed by atoms with van der Waals surface area (Å²) in [5.74, 6) is -0.532. The Balaban J connectivity index is 1.75. The molecule has 0 saturated carbocycles. The van der Waals surface area contributed by atoms with Crippen LogP contribution in [-0.4, -0.2) is 42.8 Å². The Hall–Kier alpha value is -3.15. The van der Waals surface area contributed by atoms with Crippen molar-refractivity contribution in [2.45, 2.75) is 20.4 Å². The van der Waals surface area contributed by atoms with Crippen LogP contribution in [0.1, 0.15) is 28.4 Å². The highest BCUT2D eigenvalue weighted by Crippen LogP contribution is 2.13. The molecule has 142 valence electrons. The van der Waals surface area contributed by atoms with E-state index >= 15 is 0 Å². The molecule has 2 aromatic rings. The van der Waals surface area contributed by atoms with Gasteiger partial charge in [-0.15, -0.1) is 0 Å². The van der Waals surface area contributed by atoms with Crippen molar-refractivity contribution >= 4 is 17.7 Å². The zero-order chi connectivity index (χ0) is 19.8. The number of carbonyl (C=O) groups is 3. The van der Waals surface area contributed by atoms with Gasteiger partial charge in [-0.25, -0.2) is 4.79 Å². The Labute approximate surface area is 158 Å². The van der Waals surface area contributed by atoms with Crippen molar-refractivity contribution in [3.8, 4) is 5.75 Å². The molecule has 0 spiro atoms. The largest absolute Gasteiger partial charge is 0.482 e. The van der Waals surface area contributed by atoms with Gasteiger partial charge in [-0.2, -0.15) is 0 Å². The van der Waals surface area contributed by atoms with Gasteiger partial charge in [0.2, 0.25) is 0 Å². The fourth-order valence-corrected chi connectivity index (χ4v) is 2.35. The minimum absolute atomic E-state index is 0.0470. The molecule has 0 aliphatic carbocycles. The van der Waals surface area contributed by atoms with Crippen LogP contribution in [0.2, 0.25) is 0 Å². The lowest BCUT2D eigenvalue weighted by molar-refractivity contribution is -0.153. The number of ether oxygens (including phenoxy) is 2. The molecule has 0 saturated heterocycles. The predicted molar refractivity (Wildman–Crippen MR) is 101 cm³/mol. The molecule has 0 aromatic heterocycles. The maximum Gasteiger partial charge on any atom is 0.344 e. The van der Waals surface area contributed by atoms with Gasteiger partial charge in [0.15, 0.2) is 19.0 Å². The van der Waals surface area contributed by atoms with E-state index in [9.17, 15) is 14.4 Å². The van der Waals surface area contributed by atoms with Crippen molar-refractivity contribution in [1.82, 2.24) is 4.90 Å². The van der Waals surface area contributed by atoms with Crippen molar-refractivity contribution in [3.05, 3.63) is 65.2 Å². The number of hydrogen-bond acceptors (Lipinski definition) is 5. The number of likely N-dealkylation sites (N-methyl/N-ethyl adjacent to an activating group) is 1. The molecule has 6 nitrogen and oxygen atoms in total. The summed E-state index contributed by atoms with van der Waals surface area (Å²) in [5, 5.41) is 0. The summed E-state index contributed by atoms with van der Waals surface area (Å²) in [6.45, 7) is 3.25. The quantitative estimate of drug-likeness (QED) is 0.528. The maximum absolute atomic E-state index is 12.1. The second-order valence-corrected chi connectivity index (χ2v) is 6.21. The molecule has 0 N–H and O–H groups in total. The molecule has 2 aromatic carbocycles. The fourth-order valence-electron chi connectivity index (χ4n) is 2.35. The van der Waals surface area contributed by atoms with Gasteiger partial charge in [-0.3, -0.25) is 9.59 Å². The molecule has 6 heteroatoms. The van der Waals surface area contributed by atoms with Gasteiger partial charge in [-0.1, -0.05) is 24.3 Å². The first-order valence-corrected chi connectivity index (χ1v) is 8.54. The molecule has 0 radical (unpaired) electrons. The Morgan fingerprint density at radius 1 is 0.963 bits per heavy atom. The second kappa shape index (κ2) is 9.52. The van der Waals surface area contributed by atoms with Crippen molar-refractivity contribution < 1.29 is 23.9 Å². The Bertz CT molecular complexity index is 814.